The first kappa shape index (κ1) is 10.4. The van der Waals surface area contributed by atoms with E-state index < -0.39 is 12.0 Å². The van der Waals surface area contributed by atoms with Gasteiger partial charge in [-0.15, -0.1) is 11.8 Å². The minimum Gasteiger partial charge on any atom is -0.480 e. The number of hydrogen-bond acceptors (Lipinski definition) is 5. The van der Waals surface area contributed by atoms with E-state index in [0.717, 1.165) is 11.4 Å². The highest BCUT2D eigenvalue weighted by Crippen LogP contribution is 2.29. The van der Waals surface area contributed by atoms with Crippen LogP contribution in [0.1, 0.15) is 17.5 Å². The topological polar surface area (TPSA) is 75.1 Å². The maximum atomic E-state index is 10.8. The summed E-state index contributed by atoms with van der Waals surface area (Å²) in [6, 6.07) is 1.33. The smallest absolute Gasteiger partial charge is 0.320 e. The Kier molecular flexibility index (Phi) is 3.17. The lowest BCUT2D eigenvalue weighted by Gasteiger charge is -2.27. The molecule has 0 radical (unpaired) electrons. The third-order valence-corrected chi connectivity index (χ3v) is 3.40. The van der Waals surface area contributed by atoms with Gasteiger partial charge in [0.05, 0.1) is 11.1 Å². The molecule has 0 aliphatic carbocycles. The van der Waals surface area contributed by atoms with Crippen molar-refractivity contribution < 1.29 is 9.90 Å². The van der Waals surface area contributed by atoms with Gasteiger partial charge in [-0.3, -0.25) is 10.1 Å². The van der Waals surface area contributed by atoms with Gasteiger partial charge < -0.3 is 5.11 Å². The minimum atomic E-state index is -0.797. The molecule has 0 saturated carbocycles. The van der Waals surface area contributed by atoms with Crippen molar-refractivity contribution in [2.45, 2.75) is 17.8 Å². The number of carboxylic acids is 1. The summed E-state index contributed by atoms with van der Waals surface area (Å²) in [5.41, 5.74) is 0.834. The van der Waals surface area contributed by atoms with E-state index in [4.69, 9.17) is 5.11 Å². The van der Waals surface area contributed by atoms with E-state index in [-0.39, 0.29) is 5.37 Å². The van der Waals surface area contributed by atoms with E-state index in [1.165, 1.54) is 6.33 Å². The molecule has 1 aromatic heterocycles. The first-order valence-electron chi connectivity index (χ1n) is 4.64. The molecule has 1 aromatic rings. The van der Waals surface area contributed by atoms with E-state index in [2.05, 4.69) is 15.3 Å². The average Bonchev–Trinajstić information content (AvgIpc) is 2.30. The summed E-state index contributed by atoms with van der Waals surface area (Å²) in [5, 5.41) is 11.9. The van der Waals surface area contributed by atoms with Gasteiger partial charge >= 0.3 is 5.97 Å². The molecule has 80 valence electrons. The Bertz CT molecular complexity index is 346. The molecule has 1 aliphatic heterocycles. The van der Waals surface area contributed by atoms with E-state index >= 15 is 0 Å². The normalized spacial score (nSPS) is 26.1. The van der Waals surface area contributed by atoms with E-state index in [1.807, 2.05) is 0 Å². The lowest BCUT2D eigenvalue weighted by atomic mass is 10.2. The van der Waals surface area contributed by atoms with Crippen LogP contribution >= 0.6 is 11.8 Å². The van der Waals surface area contributed by atoms with Crippen molar-refractivity contribution in [2.24, 2.45) is 0 Å². The first-order chi connectivity index (χ1) is 7.27. The molecular weight excluding hydrogens is 214 g/mol. The summed E-state index contributed by atoms with van der Waals surface area (Å²) in [6.07, 6.45) is 3.79. The van der Waals surface area contributed by atoms with E-state index in [9.17, 15) is 4.79 Å². The predicted molar refractivity (Wildman–Crippen MR) is 56.4 cm³/mol. The maximum absolute atomic E-state index is 10.8. The summed E-state index contributed by atoms with van der Waals surface area (Å²) in [6.45, 7) is 0. The summed E-state index contributed by atoms with van der Waals surface area (Å²) in [5.74, 6) is 0.0351. The molecule has 2 atom stereocenters. The van der Waals surface area contributed by atoms with Crippen LogP contribution in [0.3, 0.4) is 0 Å². The number of nitrogens with one attached hydrogen (secondary N) is 1. The van der Waals surface area contributed by atoms with Crippen molar-refractivity contribution in [3.8, 4) is 0 Å². The van der Waals surface area contributed by atoms with Gasteiger partial charge in [0.2, 0.25) is 0 Å². The Hall–Kier alpha value is -1.14. The highest BCUT2D eigenvalue weighted by atomic mass is 32.2. The molecule has 2 rings (SSSR count). The quantitative estimate of drug-likeness (QED) is 0.770. The molecule has 2 N–H and O–H groups in total. The van der Waals surface area contributed by atoms with Crippen molar-refractivity contribution in [3.63, 3.8) is 0 Å². The molecule has 0 aromatic carbocycles. The lowest BCUT2D eigenvalue weighted by Crippen LogP contribution is -2.42. The van der Waals surface area contributed by atoms with Gasteiger partial charge in [0.1, 0.15) is 12.4 Å². The fourth-order valence-electron chi connectivity index (χ4n) is 1.44. The molecular formula is C9H11N3O2S. The Balaban J connectivity index is 2.08. The number of hydrogen-bond donors (Lipinski definition) is 2. The van der Waals surface area contributed by atoms with Gasteiger partial charge in [-0.2, -0.15) is 0 Å². The van der Waals surface area contributed by atoms with Gasteiger partial charge in [0, 0.05) is 6.20 Å². The van der Waals surface area contributed by atoms with Crippen molar-refractivity contribution in [3.05, 3.63) is 24.3 Å². The number of carbonyl (C=O) groups is 1. The fourth-order valence-corrected chi connectivity index (χ4v) is 2.62. The molecule has 1 fully saturated rings. The highest BCUT2D eigenvalue weighted by Gasteiger charge is 2.27. The molecule has 6 heteroatoms. The SMILES string of the molecule is O=C(O)C1CCSC(c2ccncn2)N1. The zero-order chi connectivity index (χ0) is 10.7. The van der Waals surface area contributed by atoms with E-state index in [0.29, 0.717) is 6.42 Å². The molecule has 15 heavy (non-hydrogen) atoms. The Morgan fingerprint density at radius 2 is 2.53 bits per heavy atom. The molecule has 2 heterocycles. The van der Waals surface area contributed by atoms with Crippen molar-refractivity contribution in [1.82, 2.24) is 15.3 Å². The highest BCUT2D eigenvalue weighted by molar-refractivity contribution is 7.99. The zero-order valence-corrected chi connectivity index (χ0v) is 8.78. The van der Waals surface area contributed by atoms with Crippen LogP contribution in [0.25, 0.3) is 0 Å². The molecule has 2 unspecified atom stereocenters. The summed E-state index contributed by atoms with van der Waals surface area (Å²) < 4.78 is 0. The van der Waals surface area contributed by atoms with Crippen LogP contribution in [0, 0.1) is 0 Å². The summed E-state index contributed by atoms with van der Waals surface area (Å²) >= 11 is 1.67. The standard InChI is InChI=1S/C9H11N3O2S/c13-9(14)7-2-4-15-8(12-7)6-1-3-10-5-11-6/h1,3,5,7-8,12H,2,4H2,(H,13,14). The summed E-state index contributed by atoms with van der Waals surface area (Å²) in [7, 11) is 0. The fraction of sp³-hybridized carbons (Fsp3) is 0.444. The van der Waals surface area contributed by atoms with Crippen LogP contribution in [0.15, 0.2) is 18.6 Å². The predicted octanol–water partition coefficient (Wildman–Crippen LogP) is 0.655. The van der Waals surface area contributed by atoms with E-state index in [1.54, 1.807) is 24.0 Å². The van der Waals surface area contributed by atoms with Gasteiger partial charge in [0.25, 0.3) is 0 Å². The molecule has 0 spiro atoms. The Morgan fingerprint density at radius 3 is 3.20 bits per heavy atom. The molecule has 0 bridgehead atoms. The number of aromatic nitrogens is 2. The van der Waals surface area contributed by atoms with Crippen molar-refractivity contribution in [1.29, 1.82) is 0 Å². The average molecular weight is 225 g/mol. The van der Waals surface area contributed by atoms with Gasteiger partial charge in [-0.05, 0) is 18.2 Å². The van der Waals surface area contributed by atoms with Gasteiger partial charge in [0.15, 0.2) is 0 Å². The van der Waals surface area contributed by atoms with Gasteiger partial charge in [-0.25, -0.2) is 9.97 Å². The first-order valence-corrected chi connectivity index (χ1v) is 5.68. The number of rotatable bonds is 2. The van der Waals surface area contributed by atoms with Crippen LogP contribution in [-0.4, -0.2) is 32.8 Å². The van der Waals surface area contributed by atoms with Crippen molar-refractivity contribution >= 4 is 17.7 Å². The molecule has 1 aliphatic rings. The Labute approximate surface area is 91.3 Å². The van der Waals surface area contributed by atoms with Crippen molar-refractivity contribution in [2.75, 3.05) is 5.75 Å². The van der Waals surface area contributed by atoms with Crippen LogP contribution < -0.4 is 5.32 Å². The van der Waals surface area contributed by atoms with Crippen LogP contribution in [0.4, 0.5) is 0 Å². The molecule has 5 nitrogen and oxygen atoms in total. The van der Waals surface area contributed by atoms with Crippen LogP contribution in [-0.2, 0) is 4.79 Å². The number of nitrogens with zero attached hydrogens (tertiary/aromatic N) is 2. The third kappa shape index (κ3) is 2.45. The summed E-state index contributed by atoms with van der Waals surface area (Å²) in [4.78, 5) is 18.8. The van der Waals surface area contributed by atoms with Gasteiger partial charge in [-0.1, -0.05) is 0 Å². The third-order valence-electron chi connectivity index (χ3n) is 2.22. The number of aliphatic carboxylic acids is 1. The second-order valence-electron chi connectivity index (χ2n) is 3.23. The maximum Gasteiger partial charge on any atom is 0.320 e. The lowest BCUT2D eigenvalue weighted by molar-refractivity contribution is -0.139. The second-order valence-corrected chi connectivity index (χ2v) is 4.44. The minimum absolute atomic E-state index is 0.0390. The molecule has 1 saturated heterocycles. The number of carboxylic acid groups (broad SMARTS) is 1. The number of thioether (sulfide) groups is 1. The monoisotopic (exact) mass is 225 g/mol. The zero-order valence-electron chi connectivity index (χ0n) is 7.96. The Morgan fingerprint density at radius 1 is 1.67 bits per heavy atom. The second kappa shape index (κ2) is 4.59. The van der Waals surface area contributed by atoms with Crippen LogP contribution in [0.5, 0.6) is 0 Å². The van der Waals surface area contributed by atoms with Crippen LogP contribution in [0.2, 0.25) is 0 Å². The molecule has 0 amide bonds. The largest absolute Gasteiger partial charge is 0.480 e.